The number of nitrogens with one attached hydrogen (secondary N) is 1. The van der Waals surface area contributed by atoms with E-state index in [1.54, 1.807) is 17.0 Å². The van der Waals surface area contributed by atoms with Crippen LogP contribution in [0.15, 0.2) is 18.2 Å². The first-order valence-electron chi connectivity index (χ1n) is 6.92. The van der Waals surface area contributed by atoms with Crippen LogP contribution in [0.2, 0.25) is 0 Å². The topological polar surface area (TPSA) is 82.1 Å². The van der Waals surface area contributed by atoms with Crippen LogP contribution in [-0.2, 0) is 11.2 Å². The van der Waals surface area contributed by atoms with E-state index in [0.717, 1.165) is 11.3 Å². The number of urea groups is 1. The molecule has 1 fully saturated rings. The molecule has 1 saturated heterocycles. The summed E-state index contributed by atoms with van der Waals surface area (Å²) in [7, 11) is 0. The summed E-state index contributed by atoms with van der Waals surface area (Å²) in [5.41, 5.74) is 4.80. The normalized spacial score (nSPS) is 18.4. The highest BCUT2D eigenvalue weighted by atomic mass is 16.5. The predicted molar refractivity (Wildman–Crippen MR) is 75.4 cm³/mol. The van der Waals surface area contributed by atoms with E-state index in [0.29, 0.717) is 39.3 Å². The molecule has 2 aliphatic rings. The quantitative estimate of drug-likeness (QED) is 0.838. The van der Waals surface area contributed by atoms with E-state index < -0.39 is 5.97 Å². The molecule has 0 spiro atoms. The lowest BCUT2D eigenvalue weighted by Crippen LogP contribution is -2.52. The molecule has 0 unspecified atom stereocenters. The maximum absolute atomic E-state index is 12.3. The molecule has 0 aromatic heterocycles. The maximum Gasteiger partial charge on any atom is 0.336 e. The zero-order valence-electron chi connectivity index (χ0n) is 11.5. The van der Waals surface area contributed by atoms with Gasteiger partial charge in [-0.1, -0.05) is 0 Å². The van der Waals surface area contributed by atoms with Gasteiger partial charge in [0.25, 0.3) is 0 Å². The van der Waals surface area contributed by atoms with Gasteiger partial charge in [-0.3, -0.25) is 10.3 Å². The summed E-state index contributed by atoms with van der Waals surface area (Å²) in [5, 5.41) is 10.8. The minimum atomic E-state index is -0.950. The van der Waals surface area contributed by atoms with Crippen molar-refractivity contribution in [3.8, 4) is 0 Å². The van der Waals surface area contributed by atoms with Crippen LogP contribution in [0, 0.1) is 0 Å². The molecule has 2 amide bonds. The monoisotopic (exact) mass is 291 g/mol. The number of hydrogen-bond acceptors (Lipinski definition) is 4. The Balaban J connectivity index is 1.71. The molecule has 0 saturated carbocycles. The first kappa shape index (κ1) is 13.8. The van der Waals surface area contributed by atoms with Crippen molar-refractivity contribution in [2.45, 2.75) is 6.42 Å². The van der Waals surface area contributed by atoms with E-state index in [1.165, 1.54) is 6.07 Å². The largest absolute Gasteiger partial charge is 0.478 e. The Hall–Kier alpha value is -2.12. The molecule has 21 heavy (non-hydrogen) atoms. The average molecular weight is 291 g/mol. The SMILES string of the molecule is O=C(O)c1ccc2c(c1)CCN2C(=O)NN1CCOCC1. The molecule has 1 aromatic rings. The molecule has 7 heteroatoms. The van der Waals surface area contributed by atoms with Crippen LogP contribution in [-0.4, -0.2) is 55.0 Å². The second-order valence-electron chi connectivity index (χ2n) is 5.07. The molecule has 3 rings (SSSR count). The summed E-state index contributed by atoms with van der Waals surface area (Å²) in [6, 6.07) is 4.69. The molecule has 1 aromatic carbocycles. The van der Waals surface area contributed by atoms with Crippen molar-refractivity contribution >= 4 is 17.7 Å². The van der Waals surface area contributed by atoms with E-state index in [9.17, 15) is 9.59 Å². The third-order valence-corrected chi connectivity index (χ3v) is 3.73. The number of carboxylic acid groups (broad SMARTS) is 1. The molecule has 0 bridgehead atoms. The van der Waals surface area contributed by atoms with Crippen molar-refractivity contribution in [1.29, 1.82) is 0 Å². The van der Waals surface area contributed by atoms with Crippen LogP contribution >= 0.6 is 0 Å². The van der Waals surface area contributed by atoms with Crippen LogP contribution in [0.5, 0.6) is 0 Å². The van der Waals surface area contributed by atoms with Gasteiger partial charge in [-0.25, -0.2) is 14.6 Å². The molecule has 0 radical (unpaired) electrons. The predicted octanol–water partition coefficient (Wildman–Crippen LogP) is 0.704. The molecule has 0 atom stereocenters. The Morgan fingerprint density at radius 1 is 1.19 bits per heavy atom. The number of rotatable bonds is 2. The summed E-state index contributed by atoms with van der Waals surface area (Å²) < 4.78 is 5.24. The minimum absolute atomic E-state index is 0.182. The zero-order valence-corrected chi connectivity index (χ0v) is 11.5. The molecule has 7 nitrogen and oxygen atoms in total. The van der Waals surface area contributed by atoms with Gasteiger partial charge in [0, 0.05) is 25.3 Å². The Labute approximate surface area is 122 Å². The number of amides is 2. The van der Waals surface area contributed by atoms with Gasteiger partial charge in [-0.2, -0.15) is 0 Å². The Morgan fingerprint density at radius 2 is 1.95 bits per heavy atom. The molecular weight excluding hydrogens is 274 g/mol. The zero-order chi connectivity index (χ0) is 14.8. The van der Waals surface area contributed by atoms with Crippen molar-refractivity contribution in [3.63, 3.8) is 0 Å². The van der Waals surface area contributed by atoms with Crippen LogP contribution in [0.4, 0.5) is 10.5 Å². The number of aromatic carboxylic acids is 1. The minimum Gasteiger partial charge on any atom is -0.478 e. The van der Waals surface area contributed by atoms with Crippen molar-refractivity contribution in [2.75, 3.05) is 37.7 Å². The number of benzene rings is 1. The molecule has 0 aliphatic carbocycles. The summed E-state index contributed by atoms with van der Waals surface area (Å²) in [6.45, 7) is 3.13. The number of anilines is 1. The highest BCUT2D eigenvalue weighted by molar-refractivity contribution is 5.95. The summed E-state index contributed by atoms with van der Waals surface area (Å²) >= 11 is 0. The van der Waals surface area contributed by atoms with Gasteiger partial charge in [0.2, 0.25) is 0 Å². The lowest BCUT2D eigenvalue weighted by atomic mass is 10.1. The fourth-order valence-corrected chi connectivity index (χ4v) is 2.62. The number of carboxylic acids is 1. The standard InChI is InChI=1S/C14H17N3O4/c18-13(19)11-1-2-12-10(9-11)3-4-17(12)14(20)15-16-5-7-21-8-6-16/h1-2,9H,3-8H2,(H,15,20)(H,18,19). The number of carbonyl (C=O) groups is 2. The van der Waals surface area contributed by atoms with Gasteiger partial charge in [0.15, 0.2) is 0 Å². The van der Waals surface area contributed by atoms with Gasteiger partial charge in [0.05, 0.1) is 18.8 Å². The van der Waals surface area contributed by atoms with E-state index in [-0.39, 0.29) is 11.6 Å². The van der Waals surface area contributed by atoms with E-state index >= 15 is 0 Å². The van der Waals surface area contributed by atoms with Crippen LogP contribution in [0.3, 0.4) is 0 Å². The molecule has 2 N–H and O–H groups in total. The van der Waals surface area contributed by atoms with Crippen LogP contribution in [0.25, 0.3) is 0 Å². The number of nitrogens with zero attached hydrogens (tertiary/aromatic N) is 2. The summed E-state index contributed by atoms with van der Waals surface area (Å²) in [5.74, 6) is -0.950. The molecule has 2 heterocycles. The second-order valence-corrected chi connectivity index (χ2v) is 5.07. The van der Waals surface area contributed by atoms with Gasteiger partial charge in [-0.05, 0) is 30.2 Å². The lowest BCUT2D eigenvalue weighted by molar-refractivity contribution is 0.0202. The van der Waals surface area contributed by atoms with Crippen molar-refractivity contribution in [1.82, 2.24) is 10.4 Å². The number of ether oxygens (including phenoxy) is 1. The van der Waals surface area contributed by atoms with Gasteiger partial charge in [0.1, 0.15) is 0 Å². The Morgan fingerprint density at radius 3 is 2.67 bits per heavy atom. The van der Waals surface area contributed by atoms with E-state index in [4.69, 9.17) is 9.84 Å². The molecular formula is C14H17N3O4. The fourth-order valence-electron chi connectivity index (χ4n) is 2.62. The molecule has 112 valence electrons. The second kappa shape index (κ2) is 5.71. The van der Waals surface area contributed by atoms with E-state index in [1.807, 2.05) is 5.01 Å². The van der Waals surface area contributed by atoms with E-state index in [2.05, 4.69) is 5.43 Å². The molecule has 2 aliphatic heterocycles. The first-order valence-corrected chi connectivity index (χ1v) is 6.92. The third kappa shape index (κ3) is 2.84. The average Bonchev–Trinajstić information content (AvgIpc) is 2.91. The van der Waals surface area contributed by atoms with Gasteiger partial charge in [-0.15, -0.1) is 0 Å². The fraction of sp³-hybridized carbons (Fsp3) is 0.429. The van der Waals surface area contributed by atoms with Crippen LogP contribution < -0.4 is 10.3 Å². The van der Waals surface area contributed by atoms with Gasteiger partial charge < -0.3 is 9.84 Å². The number of morpholine rings is 1. The smallest absolute Gasteiger partial charge is 0.336 e. The number of fused-ring (bicyclic) bond motifs is 1. The highest BCUT2D eigenvalue weighted by Crippen LogP contribution is 2.28. The first-order chi connectivity index (χ1) is 10.1. The Kier molecular flexibility index (Phi) is 3.76. The number of hydrogen-bond donors (Lipinski definition) is 2. The van der Waals surface area contributed by atoms with Crippen molar-refractivity contribution in [2.24, 2.45) is 0 Å². The van der Waals surface area contributed by atoms with Crippen LogP contribution in [0.1, 0.15) is 15.9 Å². The van der Waals surface area contributed by atoms with Crippen molar-refractivity contribution < 1.29 is 19.4 Å². The number of hydrazine groups is 1. The highest BCUT2D eigenvalue weighted by Gasteiger charge is 2.26. The Bertz CT molecular complexity index is 569. The summed E-state index contributed by atoms with van der Waals surface area (Å²) in [6.07, 6.45) is 0.674. The summed E-state index contributed by atoms with van der Waals surface area (Å²) in [4.78, 5) is 24.9. The number of carbonyl (C=O) groups excluding carboxylic acids is 1. The lowest BCUT2D eigenvalue weighted by Gasteiger charge is -2.29. The van der Waals surface area contributed by atoms with Gasteiger partial charge >= 0.3 is 12.0 Å². The third-order valence-electron chi connectivity index (χ3n) is 3.73. The van der Waals surface area contributed by atoms with Crippen molar-refractivity contribution in [3.05, 3.63) is 29.3 Å². The maximum atomic E-state index is 12.3.